The van der Waals surface area contributed by atoms with Crippen molar-refractivity contribution in [3.63, 3.8) is 0 Å². The van der Waals surface area contributed by atoms with Crippen molar-refractivity contribution in [2.45, 2.75) is 99.7 Å². The van der Waals surface area contributed by atoms with Crippen LogP contribution in [0.5, 0.6) is 0 Å². The van der Waals surface area contributed by atoms with Crippen LogP contribution in [0.4, 0.5) is 0 Å². The van der Waals surface area contributed by atoms with Gasteiger partial charge in [-0.05, 0) is 56.9 Å². The highest BCUT2D eigenvalue weighted by atomic mass is 79.9. The Morgan fingerprint density at radius 3 is 2.44 bits per heavy atom. The lowest BCUT2D eigenvalue weighted by atomic mass is 9.70. The van der Waals surface area contributed by atoms with Gasteiger partial charge in [-0.15, -0.1) is 11.8 Å². The fraction of sp³-hybridized carbons (Fsp3) is 0.700. The molecular weight excluding hydrogens is 578 g/mol. The molecule has 7 nitrogen and oxygen atoms in total. The minimum absolute atomic E-state index is 0.0243. The lowest BCUT2D eigenvalue weighted by Crippen LogP contribution is -2.58. The largest absolute Gasteiger partial charge is 0.396 e. The van der Waals surface area contributed by atoms with Crippen LogP contribution < -0.4 is 10.6 Å². The lowest BCUT2D eigenvalue weighted by Gasteiger charge is -2.39. The maximum absolute atomic E-state index is 14.1. The zero-order chi connectivity index (χ0) is 28.6. The Morgan fingerprint density at radius 1 is 1.10 bits per heavy atom. The molecule has 3 unspecified atom stereocenters. The first-order chi connectivity index (χ1) is 18.3. The summed E-state index contributed by atoms with van der Waals surface area (Å²) in [5.74, 6) is -1.35. The van der Waals surface area contributed by atoms with E-state index in [2.05, 4.69) is 47.3 Å². The van der Waals surface area contributed by atoms with Crippen LogP contribution >= 0.6 is 27.7 Å². The minimum Gasteiger partial charge on any atom is -0.396 e. The van der Waals surface area contributed by atoms with Gasteiger partial charge in [-0.1, -0.05) is 67.0 Å². The summed E-state index contributed by atoms with van der Waals surface area (Å²) in [5.41, 5.74) is 0.585. The summed E-state index contributed by atoms with van der Waals surface area (Å²) in [5, 5.41) is 15.6. The zero-order valence-electron chi connectivity index (χ0n) is 23.8. The minimum atomic E-state index is -0.649. The van der Waals surface area contributed by atoms with Crippen LogP contribution in [0.1, 0.15) is 72.3 Å². The molecule has 2 bridgehead atoms. The number of thioether (sulfide) groups is 1. The molecule has 39 heavy (non-hydrogen) atoms. The van der Waals surface area contributed by atoms with E-state index >= 15 is 0 Å². The number of rotatable bonds is 11. The van der Waals surface area contributed by atoms with Gasteiger partial charge in [0.05, 0.1) is 16.6 Å². The summed E-state index contributed by atoms with van der Waals surface area (Å²) in [6, 6.07) is 9.14. The quantitative estimate of drug-likeness (QED) is 0.253. The van der Waals surface area contributed by atoms with Gasteiger partial charge in [-0.3, -0.25) is 14.4 Å². The molecule has 216 valence electrons. The van der Waals surface area contributed by atoms with Crippen molar-refractivity contribution in [2.75, 3.05) is 13.2 Å². The average molecular weight is 623 g/mol. The van der Waals surface area contributed by atoms with Gasteiger partial charge in [0.25, 0.3) is 0 Å². The summed E-state index contributed by atoms with van der Waals surface area (Å²) < 4.78 is -0.649. The number of carbonyl (C=O) groups excluding carboxylic acids is 3. The Kier molecular flexibility index (Phi) is 9.14. The maximum atomic E-state index is 14.1. The summed E-state index contributed by atoms with van der Waals surface area (Å²) >= 11 is 5.50. The molecule has 0 saturated carbocycles. The normalized spacial score (nSPS) is 30.0. The van der Waals surface area contributed by atoms with Crippen molar-refractivity contribution in [3.8, 4) is 0 Å². The highest BCUT2D eigenvalue weighted by Gasteiger charge is 2.75. The van der Waals surface area contributed by atoms with E-state index in [9.17, 15) is 19.5 Å². The highest BCUT2D eigenvalue weighted by molar-refractivity contribution is 9.09. The molecule has 3 saturated heterocycles. The molecule has 3 aliphatic rings. The molecule has 3 heterocycles. The van der Waals surface area contributed by atoms with Crippen molar-refractivity contribution < 1.29 is 19.5 Å². The number of hydrogen-bond donors (Lipinski definition) is 3. The molecule has 6 atom stereocenters. The lowest BCUT2D eigenvalue weighted by molar-refractivity contribution is -0.140. The van der Waals surface area contributed by atoms with Crippen molar-refractivity contribution in [3.05, 3.63) is 35.9 Å². The summed E-state index contributed by atoms with van der Waals surface area (Å²) in [4.78, 5) is 43.7. The van der Waals surface area contributed by atoms with E-state index in [1.807, 2.05) is 44.2 Å². The van der Waals surface area contributed by atoms with Gasteiger partial charge in [-0.2, -0.15) is 0 Å². The number of nitrogens with zero attached hydrogens (tertiary/aromatic N) is 1. The number of amides is 3. The smallest absolute Gasteiger partial charge is 0.244 e. The molecule has 1 aromatic rings. The molecular formula is C30H44BrN3O4S. The maximum Gasteiger partial charge on any atom is 0.244 e. The van der Waals surface area contributed by atoms with Crippen molar-refractivity contribution in [1.29, 1.82) is 0 Å². The third-order valence-corrected chi connectivity index (χ3v) is 11.4. The van der Waals surface area contributed by atoms with Gasteiger partial charge in [0.15, 0.2) is 0 Å². The number of carbonyl (C=O) groups is 3. The number of benzene rings is 1. The van der Waals surface area contributed by atoms with E-state index in [4.69, 9.17) is 0 Å². The van der Waals surface area contributed by atoms with E-state index < -0.39 is 28.2 Å². The van der Waals surface area contributed by atoms with E-state index in [0.717, 1.165) is 18.4 Å². The van der Waals surface area contributed by atoms with Crippen molar-refractivity contribution in [2.24, 2.45) is 17.3 Å². The second-order valence-electron chi connectivity index (χ2n) is 13.3. The van der Waals surface area contributed by atoms with E-state index in [1.165, 1.54) is 0 Å². The second kappa shape index (κ2) is 11.7. The van der Waals surface area contributed by atoms with Gasteiger partial charge < -0.3 is 20.6 Å². The second-order valence-corrected chi connectivity index (χ2v) is 16.0. The van der Waals surface area contributed by atoms with Crippen LogP contribution in [0.3, 0.4) is 0 Å². The molecule has 0 aromatic heterocycles. The number of aliphatic hydroxyl groups is 1. The van der Waals surface area contributed by atoms with Gasteiger partial charge in [0.2, 0.25) is 17.7 Å². The van der Waals surface area contributed by atoms with Crippen molar-refractivity contribution in [1.82, 2.24) is 15.5 Å². The number of nitrogens with one attached hydrogen (secondary N) is 2. The van der Waals surface area contributed by atoms with Crippen LogP contribution in [0.2, 0.25) is 0 Å². The van der Waals surface area contributed by atoms with Crippen molar-refractivity contribution >= 4 is 45.4 Å². The molecule has 3 N–H and O–H groups in total. The predicted octanol–water partition coefficient (Wildman–Crippen LogP) is 4.26. The number of likely N-dealkylation sites (tertiary alicyclic amines) is 1. The first kappa shape index (κ1) is 30.4. The number of fused-ring (bicyclic) bond motifs is 1. The van der Waals surface area contributed by atoms with Gasteiger partial charge in [0.1, 0.15) is 6.04 Å². The third kappa shape index (κ3) is 6.35. The summed E-state index contributed by atoms with van der Waals surface area (Å²) in [7, 11) is 0. The predicted molar refractivity (Wildman–Crippen MR) is 159 cm³/mol. The van der Waals surface area contributed by atoms with Crippen LogP contribution in [0.15, 0.2) is 30.3 Å². The average Bonchev–Trinajstić information content (AvgIpc) is 3.42. The number of aliphatic hydroxyl groups excluding tert-OH is 1. The van der Waals surface area contributed by atoms with Crippen LogP contribution in [-0.2, 0) is 20.9 Å². The Bertz CT molecular complexity index is 1060. The molecule has 1 spiro atoms. The molecule has 9 heteroatoms. The summed E-state index contributed by atoms with van der Waals surface area (Å²) in [6.45, 7) is 11.5. The number of hydrogen-bond acceptors (Lipinski definition) is 5. The summed E-state index contributed by atoms with van der Waals surface area (Å²) in [6.07, 6.45) is 3.62. The number of alkyl halides is 1. The van der Waals surface area contributed by atoms with E-state index in [1.54, 1.807) is 16.7 Å². The molecule has 0 radical (unpaired) electrons. The number of halogens is 1. The third-order valence-electron chi connectivity index (χ3n) is 8.14. The van der Waals surface area contributed by atoms with Crippen LogP contribution in [0, 0.1) is 17.3 Å². The molecule has 3 amide bonds. The van der Waals surface area contributed by atoms with Gasteiger partial charge in [-0.25, -0.2) is 0 Å². The Labute approximate surface area is 245 Å². The first-order valence-corrected chi connectivity index (χ1v) is 16.0. The van der Waals surface area contributed by atoms with Gasteiger partial charge >= 0.3 is 0 Å². The molecule has 3 fully saturated rings. The van der Waals surface area contributed by atoms with E-state index in [-0.39, 0.29) is 39.8 Å². The van der Waals surface area contributed by atoms with Crippen LogP contribution in [-0.4, -0.2) is 67.3 Å². The first-order valence-electron chi connectivity index (χ1n) is 14.2. The van der Waals surface area contributed by atoms with Crippen LogP contribution in [0.25, 0.3) is 0 Å². The SMILES string of the molecule is CC(C)(C)CC(C)(C)NC(=O)C1N(CCCCCO)C(=O)[C@@H]2[C@@H](C(=O)NCc3ccccc3)[C@@H]3SC12CC3Br. The Morgan fingerprint density at radius 2 is 1.79 bits per heavy atom. The van der Waals surface area contributed by atoms with Gasteiger partial charge in [0, 0.05) is 35.3 Å². The monoisotopic (exact) mass is 621 g/mol. The molecule has 1 aromatic carbocycles. The topological polar surface area (TPSA) is 98.7 Å². The zero-order valence-corrected chi connectivity index (χ0v) is 26.2. The fourth-order valence-corrected chi connectivity index (χ4v) is 10.8. The number of unbranched alkanes of at least 4 members (excludes halogenated alkanes) is 2. The standard InChI is InChI=1S/C30H44BrN3O4S/c1-28(2,3)18-29(4,5)33-26(37)24-30-16-20(31)23(39-30)21(25(36)32-17-19-12-8-6-9-13-19)22(30)27(38)34(24)14-10-7-11-15-35/h6,8-9,12-13,20-24,35H,7,10-11,14-18H2,1-5H3,(H,32,36)(H,33,37)/t20?,21-,22+,23-,24?,30?/m1/s1. The Balaban J connectivity index is 1.61. The highest BCUT2D eigenvalue weighted by Crippen LogP contribution is 2.67. The molecule has 0 aliphatic carbocycles. The van der Waals surface area contributed by atoms with E-state index in [0.29, 0.717) is 32.4 Å². The molecule has 3 aliphatic heterocycles. The Hall–Kier alpha value is -1.58. The fourth-order valence-electron chi connectivity index (χ4n) is 7.22. The molecule has 4 rings (SSSR count).